The molecule has 8 nitrogen and oxygen atoms in total. The summed E-state index contributed by atoms with van der Waals surface area (Å²) in [5.41, 5.74) is 1.99. The van der Waals surface area contributed by atoms with Gasteiger partial charge in [0.15, 0.2) is 0 Å². The average Bonchev–Trinajstić information content (AvgIpc) is 3.44. The summed E-state index contributed by atoms with van der Waals surface area (Å²) in [6.45, 7) is 4.52. The lowest BCUT2D eigenvalue weighted by atomic mass is 10.1. The van der Waals surface area contributed by atoms with Crippen LogP contribution in [0, 0.1) is 6.92 Å². The predicted molar refractivity (Wildman–Crippen MR) is 110 cm³/mol. The van der Waals surface area contributed by atoms with Gasteiger partial charge >= 0.3 is 0 Å². The molecule has 1 N–H and O–H groups in total. The molecule has 0 aliphatic carbocycles. The number of carbonyl (C=O) groups is 2. The zero-order valence-corrected chi connectivity index (χ0v) is 16.8. The van der Waals surface area contributed by atoms with Crippen molar-refractivity contribution in [1.82, 2.24) is 20.4 Å². The molecule has 0 unspecified atom stereocenters. The summed E-state index contributed by atoms with van der Waals surface area (Å²) in [5, 5.41) is 8.47. The number of nitrogens with zero attached hydrogens (tertiary/aromatic N) is 4. The van der Waals surface area contributed by atoms with Gasteiger partial charge in [-0.15, -0.1) is 11.3 Å². The number of hydrogen-bond donors (Lipinski definition) is 1. The SMILES string of the molecule is Cc1nc(-c2ccc(N3CCN(C(=O)CNC(=O)c4cccs4)CC3)cc2)no1. The largest absolute Gasteiger partial charge is 0.368 e. The summed E-state index contributed by atoms with van der Waals surface area (Å²) in [6, 6.07) is 11.6. The molecule has 0 spiro atoms. The molecule has 9 heteroatoms. The molecule has 1 aromatic carbocycles. The average molecular weight is 411 g/mol. The monoisotopic (exact) mass is 411 g/mol. The van der Waals surface area contributed by atoms with E-state index in [9.17, 15) is 9.59 Å². The van der Waals surface area contributed by atoms with E-state index in [0.717, 1.165) is 24.3 Å². The number of anilines is 1. The number of rotatable bonds is 5. The van der Waals surface area contributed by atoms with E-state index in [2.05, 4.69) is 20.4 Å². The molecule has 1 aliphatic rings. The molecule has 3 heterocycles. The summed E-state index contributed by atoms with van der Waals surface area (Å²) < 4.78 is 5.02. The van der Waals surface area contributed by atoms with Crippen LogP contribution in [-0.4, -0.2) is 59.6 Å². The first-order valence-electron chi connectivity index (χ1n) is 9.35. The van der Waals surface area contributed by atoms with Crippen molar-refractivity contribution in [2.75, 3.05) is 37.6 Å². The number of hydrogen-bond acceptors (Lipinski definition) is 7. The minimum absolute atomic E-state index is 0.0234. The summed E-state index contributed by atoms with van der Waals surface area (Å²) in [7, 11) is 0. The molecule has 0 saturated carbocycles. The lowest BCUT2D eigenvalue weighted by Crippen LogP contribution is -2.51. The van der Waals surface area contributed by atoms with Gasteiger partial charge in [-0.1, -0.05) is 11.2 Å². The van der Waals surface area contributed by atoms with E-state index in [1.54, 1.807) is 17.9 Å². The Kier molecular flexibility index (Phi) is 5.57. The summed E-state index contributed by atoms with van der Waals surface area (Å²) in [4.78, 5) is 33.2. The quantitative estimate of drug-likeness (QED) is 0.692. The first kappa shape index (κ1) is 19.1. The summed E-state index contributed by atoms with van der Waals surface area (Å²) in [6.07, 6.45) is 0. The number of nitrogens with one attached hydrogen (secondary N) is 1. The van der Waals surface area contributed by atoms with Crippen LogP contribution in [0.4, 0.5) is 5.69 Å². The topological polar surface area (TPSA) is 91.6 Å². The third-order valence-corrected chi connectivity index (χ3v) is 5.66. The van der Waals surface area contributed by atoms with Gasteiger partial charge in [-0.05, 0) is 35.7 Å². The molecular formula is C20H21N5O3S. The van der Waals surface area contributed by atoms with Gasteiger partial charge < -0.3 is 19.6 Å². The molecule has 4 rings (SSSR count). The highest BCUT2D eigenvalue weighted by Crippen LogP contribution is 2.22. The second-order valence-electron chi connectivity index (χ2n) is 6.71. The fourth-order valence-corrected chi connectivity index (χ4v) is 3.85. The Bertz CT molecular complexity index is 976. The molecule has 1 saturated heterocycles. The van der Waals surface area contributed by atoms with Gasteiger partial charge in [0.05, 0.1) is 11.4 Å². The van der Waals surface area contributed by atoms with Crippen LogP contribution >= 0.6 is 11.3 Å². The second kappa shape index (κ2) is 8.44. The van der Waals surface area contributed by atoms with Gasteiger partial charge in [-0.2, -0.15) is 4.98 Å². The van der Waals surface area contributed by atoms with Crippen LogP contribution in [0.5, 0.6) is 0 Å². The highest BCUT2D eigenvalue weighted by Gasteiger charge is 2.22. The van der Waals surface area contributed by atoms with E-state index in [1.165, 1.54) is 11.3 Å². The Morgan fingerprint density at radius 1 is 1.14 bits per heavy atom. The summed E-state index contributed by atoms with van der Waals surface area (Å²) in [5.74, 6) is 0.853. The van der Waals surface area contributed by atoms with Crippen LogP contribution in [0.25, 0.3) is 11.4 Å². The lowest BCUT2D eigenvalue weighted by molar-refractivity contribution is -0.130. The maximum Gasteiger partial charge on any atom is 0.261 e. The van der Waals surface area contributed by atoms with E-state index < -0.39 is 0 Å². The van der Waals surface area contributed by atoms with E-state index in [-0.39, 0.29) is 18.4 Å². The maximum absolute atomic E-state index is 12.4. The molecule has 29 heavy (non-hydrogen) atoms. The molecule has 2 amide bonds. The van der Waals surface area contributed by atoms with E-state index in [0.29, 0.717) is 29.7 Å². The highest BCUT2D eigenvalue weighted by molar-refractivity contribution is 7.12. The normalized spacial score (nSPS) is 14.1. The first-order valence-corrected chi connectivity index (χ1v) is 10.2. The Labute approximate surface area is 172 Å². The molecule has 0 atom stereocenters. The second-order valence-corrected chi connectivity index (χ2v) is 7.66. The molecule has 3 aromatic rings. The van der Waals surface area contributed by atoms with Crippen molar-refractivity contribution in [3.05, 3.63) is 52.5 Å². The highest BCUT2D eigenvalue weighted by atomic mass is 32.1. The molecule has 1 fully saturated rings. The smallest absolute Gasteiger partial charge is 0.261 e. The van der Waals surface area contributed by atoms with Crippen molar-refractivity contribution >= 4 is 28.8 Å². The third-order valence-electron chi connectivity index (χ3n) is 4.80. The van der Waals surface area contributed by atoms with E-state index in [1.807, 2.05) is 35.7 Å². The molecule has 2 aromatic heterocycles. The van der Waals surface area contributed by atoms with Crippen molar-refractivity contribution in [3.63, 3.8) is 0 Å². The predicted octanol–water partition coefficient (Wildman–Crippen LogP) is 2.19. The van der Waals surface area contributed by atoms with Crippen molar-refractivity contribution in [1.29, 1.82) is 0 Å². The molecule has 1 aliphatic heterocycles. The van der Waals surface area contributed by atoms with Crippen LogP contribution in [0.2, 0.25) is 0 Å². The Morgan fingerprint density at radius 3 is 2.52 bits per heavy atom. The van der Waals surface area contributed by atoms with Crippen LogP contribution in [0.15, 0.2) is 46.3 Å². The Hall–Kier alpha value is -3.20. The Balaban J connectivity index is 1.27. The van der Waals surface area contributed by atoms with Crippen molar-refractivity contribution < 1.29 is 14.1 Å². The fraction of sp³-hybridized carbons (Fsp3) is 0.300. The molecule has 0 bridgehead atoms. The Morgan fingerprint density at radius 2 is 1.90 bits per heavy atom. The standard InChI is InChI=1S/C20H21N5O3S/c1-14-22-19(23-28-14)15-4-6-16(7-5-15)24-8-10-25(11-9-24)18(26)13-21-20(27)17-3-2-12-29-17/h2-7,12H,8-11,13H2,1H3,(H,21,27). The van der Waals surface area contributed by atoms with Crippen LogP contribution in [0.3, 0.4) is 0 Å². The zero-order chi connectivity index (χ0) is 20.2. The van der Waals surface area contributed by atoms with Gasteiger partial charge in [0, 0.05) is 44.4 Å². The van der Waals surface area contributed by atoms with Gasteiger partial charge in [-0.3, -0.25) is 9.59 Å². The number of carbonyl (C=O) groups excluding carboxylic acids is 2. The minimum atomic E-state index is -0.205. The fourth-order valence-electron chi connectivity index (χ4n) is 3.21. The number of piperazine rings is 1. The van der Waals surface area contributed by atoms with Crippen LogP contribution in [0.1, 0.15) is 15.6 Å². The number of benzene rings is 1. The maximum atomic E-state index is 12.4. The first-order chi connectivity index (χ1) is 14.1. The lowest BCUT2D eigenvalue weighted by Gasteiger charge is -2.36. The number of thiophene rings is 1. The van der Waals surface area contributed by atoms with E-state index in [4.69, 9.17) is 4.52 Å². The number of aromatic nitrogens is 2. The van der Waals surface area contributed by atoms with Crippen molar-refractivity contribution in [3.8, 4) is 11.4 Å². The number of aryl methyl sites for hydroxylation is 1. The summed E-state index contributed by atoms with van der Waals surface area (Å²) >= 11 is 1.36. The third kappa shape index (κ3) is 4.45. The molecular weight excluding hydrogens is 390 g/mol. The van der Waals surface area contributed by atoms with Gasteiger partial charge in [-0.25, -0.2) is 0 Å². The zero-order valence-electron chi connectivity index (χ0n) is 16.0. The molecule has 150 valence electrons. The van der Waals surface area contributed by atoms with E-state index >= 15 is 0 Å². The van der Waals surface area contributed by atoms with Crippen LogP contribution in [-0.2, 0) is 4.79 Å². The van der Waals surface area contributed by atoms with Gasteiger partial charge in [0.25, 0.3) is 5.91 Å². The van der Waals surface area contributed by atoms with Gasteiger partial charge in [0.1, 0.15) is 0 Å². The molecule has 0 radical (unpaired) electrons. The number of amides is 2. The minimum Gasteiger partial charge on any atom is -0.368 e. The van der Waals surface area contributed by atoms with Crippen LogP contribution < -0.4 is 10.2 Å². The van der Waals surface area contributed by atoms with Crippen molar-refractivity contribution in [2.45, 2.75) is 6.92 Å². The van der Waals surface area contributed by atoms with Crippen molar-refractivity contribution in [2.24, 2.45) is 0 Å². The van der Waals surface area contributed by atoms with Gasteiger partial charge in [0.2, 0.25) is 17.6 Å².